The minimum atomic E-state index is 0.810. The molecule has 0 fully saturated rings. The van der Waals surface area contributed by atoms with Crippen molar-refractivity contribution in [1.82, 2.24) is 9.78 Å². The molecule has 0 amide bonds. The summed E-state index contributed by atoms with van der Waals surface area (Å²) in [6.07, 6.45) is 2.79. The van der Waals surface area contributed by atoms with Crippen LogP contribution in [0.1, 0.15) is 19.5 Å². The number of anilines is 1. The molecule has 2 N–H and O–H groups in total. The SMILES string of the molecule is CCc1nn(CC)cc1N. The maximum Gasteiger partial charge on any atom is 0.0851 e. The number of nitrogens with zero attached hydrogens (tertiary/aromatic N) is 2. The van der Waals surface area contributed by atoms with Gasteiger partial charge in [0.15, 0.2) is 0 Å². The zero-order valence-corrected chi connectivity index (χ0v) is 6.46. The molecule has 0 saturated heterocycles. The Kier molecular flexibility index (Phi) is 1.94. The van der Waals surface area contributed by atoms with Gasteiger partial charge in [-0.1, -0.05) is 6.92 Å². The van der Waals surface area contributed by atoms with Crippen LogP contribution in [0.15, 0.2) is 6.20 Å². The maximum absolute atomic E-state index is 5.64. The van der Waals surface area contributed by atoms with Gasteiger partial charge in [0, 0.05) is 12.7 Å². The topological polar surface area (TPSA) is 43.8 Å². The highest BCUT2D eigenvalue weighted by atomic mass is 15.3. The fourth-order valence-corrected chi connectivity index (χ4v) is 0.914. The van der Waals surface area contributed by atoms with Crippen LogP contribution >= 0.6 is 0 Å². The van der Waals surface area contributed by atoms with Gasteiger partial charge < -0.3 is 5.73 Å². The van der Waals surface area contributed by atoms with Gasteiger partial charge in [-0.15, -0.1) is 0 Å². The third-order valence-corrected chi connectivity index (χ3v) is 1.53. The van der Waals surface area contributed by atoms with Crippen molar-refractivity contribution >= 4 is 5.69 Å². The van der Waals surface area contributed by atoms with Gasteiger partial charge in [-0.2, -0.15) is 5.10 Å². The van der Waals surface area contributed by atoms with Crippen molar-refractivity contribution in [3.05, 3.63) is 11.9 Å². The summed E-state index contributed by atoms with van der Waals surface area (Å²) in [5, 5.41) is 4.24. The monoisotopic (exact) mass is 139 g/mol. The molecule has 3 nitrogen and oxygen atoms in total. The molecular formula is C7H13N3. The largest absolute Gasteiger partial charge is 0.396 e. The lowest BCUT2D eigenvalue weighted by Crippen LogP contribution is -1.94. The molecule has 0 aliphatic carbocycles. The van der Waals surface area contributed by atoms with E-state index in [0.717, 1.165) is 24.3 Å². The van der Waals surface area contributed by atoms with E-state index in [9.17, 15) is 0 Å². The highest BCUT2D eigenvalue weighted by Gasteiger charge is 2.00. The van der Waals surface area contributed by atoms with E-state index in [1.807, 2.05) is 17.8 Å². The minimum absolute atomic E-state index is 0.810. The average molecular weight is 139 g/mol. The molecule has 56 valence electrons. The second kappa shape index (κ2) is 2.73. The number of hydrogen-bond donors (Lipinski definition) is 1. The fourth-order valence-electron chi connectivity index (χ4n) is 0.914. The molecule has 0 atom stereocenters. The zero-order chi connectivity index (χ0) is 7.56. The quantitative estimate of drug-likeness (QED) is 0.665. The zero-order valence-electron chi connectivity index (χ0n) is 6.46. The second-order valence-corrected chi connectivity index (χ2v) is 2.24. The van der Waals surface area contributed by atoms with Crippen LogP contribution in [0.25, 0.3) is 0 Å². The van der Waals surface area contributed by atoms with Gasteiger partial charge in [0.25, 0.3) is 0 Å². The number of hydrogen-bond acceptors (Lipinski definition) is 2. The maximum atomic E-state index is 5.64. The molecule has 1 rings (SSSR count). The standard InChI is InChI=1S/C7H13N3/c1-3-7-6(8)5-10(4-2)9-7/h5H,3-4,8H2,1-2H3. The van der Waals surface area contributed by atoms with Crippen LogP contribution in [0.5, 0.6) is 0 Å². The first-order valence-corrected chi connectivity index (χ1v) is 3.59. The molecular weight excluding hydrogens is 126 g/mol. The summed E-state index contributed by atoms with van der Waals surface area (Å²) in [4.78, 5) is 0. The second-order valence-electron chi connectivity index (χ2n) is 2.24. The van der Waals surface area contributed by atoms with E-state index in [4.69, 9.17) is 5.73 Å². The van der Waals surface area contributed by atoms with Crippen LogP contribution in [0.3, 0.4) is 0 Å². The van der Waals surface area contributed by atoms with Gasteiger partial charge in [0.2, 0.25) is 0 Å². The van der Waals surface area contributed by atoms with Crippen molar-refractivity contribution in [2.45, 2.75) is 26.8 Å². The van der Waals surface area contributed by atoms with E-state index < -0.39 is 0 Å². The number of rotatable bonds is 2. The summed E-state index contributed by atoms with van der Waals surface area (Å²) < 4.78 is 1.86. The van der Waals surface area contributed by atoms with Crippen LogP contribution in [0.2, 0.25) is 0 Å². The summed E-state index contributed by atoms with van der Waals surface area (Å²) in [7, 11) is 0. The van der Waals surface area contributed by atoms with Crippen molar-refractivity contribution in [2.24, 2.45) is 0 Å². The number of nitrogens with two attached hydrogens (primary N) is 1. The molecule has 0 aliphatic heterocycles. The van der Waals surface area contributed by atoms with Gasteiger partial charge >= 0.3 is 0 Å². The smallest absolute Gasteiger partial charge is 0.0851 e. The van der Waals surface area contributed by atoms with Crippen molar-refractivity contribution in [2.75, 3.05) is 5.73 Å². The Hall–Kier alpha value is -0.990. The molecule has 0 radical (unpaired) electrons. The van der Waals surface area contributed by atoms with E-state index in [-0.39, 0.29) is 0 Å². The highest BCUT2D eigenvalue weighted by molar-refractivity contribution is 5.40. The third kappa shape index (κ3) is 1.12. The predicted octanol–water partition coefficient (Wildman–Crippen LogP) is 1.05. The van der Waals surface area contributed by atoms with Crippen molar-refractivity contribution in [1.29, 1.82) is 0 Å². The summed E-state index contributed by atoms with van der Waals surface area (Å²) >= 11 is 0. The van der Waals surface area contributed by atoms with Crippen LogP contribution in [-0.4, -0.2) is 9.78 Å². The molecule has 1 aromatic heterocycles. The average Bonchev–Trinajstić information content (AvgIpc) is 2.30. The van der Waals surface area contributed by atoms with E-state index >= 15 is 0 Å². The van der Waals surface area contributed by atoms with Gasteiger partial charge in [-0.05, 0) is 13.3 Å². The molecule has 0 aromatic carbocycles. The molecule has 1 heterocycles. The fraction of sp³-hybridized carbons (Fsp3) is 0.571. The summed E-state index contributed by atoms with van der Waals surface area (Å²) in [5.74, 6) is 0. The summed E-state index contributed by atoms with van der Waals surface area (Å²) in [5.41, 5.74) is 7.46. The Bertz CT molecular complexity index is 215. The molecule has 0 unspecified atom stereocenters. The van der Waals surface area contributed by atoms with Crippen LogP contribution < -0.4 is 5.73 Å². The number of aromatic nitrogens is 2. The Balaban J connectivity index is 2.92. The summed E-state index contributed by atoms with van der Waals surface area (Å²) in [6, 6.07) is 0. The molecule has 10 heavy (non-hydrogen) atoms. The van der Waals surface area contributed by atoms with Crippen molar-refractivity contribution in [3.63, 3.8) is 0 Å². The number of nitrogen functional groups attached to an aromatic ring is 1. The van der Waals surface area contributed by atoms with Crippen LogP contribution in [0, 0.1) is 0 Å². The first-order valence-electron chi connectivity index (χ1n) is 3.59. The van der Waals surface area contributed by atoms with Crippen molar-refractivity contribution < 1.29 is 0 Å². The third-order valence-electron chi connectivity index (χ3n) is 1.53. The van der Waals surface area contributed by atoms with E-state index in [1.54, 1.807) is 0 Å². The molecule has 3 heteroatoms. The molecule has 0 aliphatic rings. The normalized spacial score (nSPS) is 10.2. The molecule has 1 aromatic rings. The molecule has 0 bridgehead atoms. The van der Waals surface area contributed by atoms with E-state index in [0.29, 0.717) is 0 Å². The lowest BCUT2D eigenvalue weighted by molar-refractivity contribution is 0.648. The molecule has 0 spiro atoms. The Morgan fingerprint density at radius 2 is 2.30 bits per heavy atom. The lowest BCUT2D eigenvalue weighted by Gasteiger charge is -1.90. The van der Waals surface area contributed by atoms with Crippen LogP contribution in [-0.2, 0) is 13.0 Å². The number of aryl methyl sites for hydroxylation is 2. The summed E-state index contributed by atoms with van der Waals surface area (Å²) in [6.45, 7) is 4.99. The van der Waals surface area contributed by atoms with Crippen LogP contribution in [0.4, 0.5) is 5.69 Å². The minimum Gasteiger partial charge on any atom is -0.396 e. The Morgan fingerprint density at radius 3 is 2.60 bits per heavy atom. The van der Waals surface area contributed by atoms with Gasteiger partial charge in [0.05, 0.1) is 11.4 Å². The van der Waals surface area contributed by atoms with E-state index in [2.05, 4.69) is 12.0 Å². The van der Waals surface area contributed by atoms with E-state index in [1.165, 1.54) is 0 Å². The lowest BCUT2D eigenvalue weighted by atomic mass is 10.3. The van der Waals surface area contributed by atoms with Gasteiger partial charge in [-0.25, -0.2) is 0 Å². The Morgan fingerprint density at radius 1 is 1.60 bits per heavy atom. The molecule has 0 saturated carbocycles. The highest BCUT2D eigenvalue weighted by Crippen LogP contribution is 2.08. The van der Waals surface area contributed by atoms with Gasteiger partial charge in [0.1, 0.15) is 0 Å². The first-order chi connectivity index (χ1) is 4.77. The van der Waals surface area contributed by atoms with Gasteiger partial charge in [-0.3, -0.25) is 4.68 Å². The first kappa shape index (κ1) is 7.12. The predicted molar refractivity (Wildman–Crippen MR) is 41.7 cm³/mol. The Labute approximate surface area is 60.8 Å². The van der Waals surface area contributed by atoms with Crippen molar-refractivity contribution in [3.8, 4) is 0 Å².